The zero-order valence-electron chi connectivity index (χ0n) is 14.9. The van der Waals surface area contributed by atoms with Gasteiger partial charge in [0.1, 0.15) is 0 Å². The molecule has 0 saturated heterocycles. The van der Waals surface area contributed by atoms with Gasteiger partial charge in [0.2, 0.25) is 0 Å². The Balaban J connectivity index is 1.26. The van der Waals surface area contributed by atoms with Crippen molar-refractivity contribution in [2.75, 3.05) is 13.2 Å². The number of carbonyl (C=O) groups is 2. The van der Waals surface area contributed by atoms with Gasteiger partial charge in [-0.2, -0.15) is 0 Å². The van der Waals surface area contributed by atoms with Crippen molar-refractivity contribution in [1.29, 1.82) is 0 Å². The maximum atomic E-state index is 12.1. The normalized spacial score (nSPS) is 32.4. The van der Waals surface area contributed by atoms with Crippen LogP contribution in [0.15, 0.2) is 24.3 Å². The van der Waals surface area contributed by atoms with Crippen LogP contribution in [0.4, 0.5) is 0 Å². The third kappa shape index (κ3) is 3.58. The molecule has 4 aliphatic carbocycles. The van der Waals surface area contributed by atoms with Gasteiger partial charge in [-0.05, 0) is 80.8 Å². The molecule has 0 atom stereocenters. The molecule has 0 radical (unpaired) electrons. The summed E-state index contributed by atoms with van der Waals surface area (Å²) in [7, 11) is 0. The molecule has 134 valence electrons. The van der Waals surface area contributed by atoms with E-state index in [1.54, 1.807) is 12.1 Å². The van der Waals surface area contributed by atoms with Crippen LogP contribution in [0.5, 0.6) is 0 Å². The van der Waals surface area contributed by atoms with E-state index in [4.69, 9.17) is 4.74 Å². The van der Waals surface area contributed by atoms with Gasteiger partial charge < -0.3 is 10.1 Å². The Bertz CT molecular complexity index is 629. The Labute approximate surface area is 149 Å². The molecule has 25 heavy (non-hydrogen) atoms. The molecule has 4 nitrogen and oxygen atoms in total. The number of carbonyl (C=O) groups excluding carboxylic acids is 2. The molecule has 0 aliphatic heterocycles. The van der Waals surface area contributed by atoms with E-state index >= 15 is 0 Å². The van der Waals surface area contributed by atoms with E-state index in [-0.39, 0.29) is 12.5 Å². The molecule has 4 saturated carbocycles. The molecular formula is C21H27NO3. The van der Waals surface area contributed by atoms with Crippen LogP contribution in [0.1, 0.15) is 54.4 Å². The summed E-state index contributed by atoms with van der Waals surface area (Å²) in [5.41, 5.74) is 1.88. The Morgan fingerprint density at radius 1 is 1.04 bits per heavy atom. The van der Waals surface area contributed by atoms with E-state index in [9.17, 15) is 9.59 Å². The number of ether oxygens (including phenoxy) is 1. The largest absolute Gasteiger partial charge is 0.452 e. The minimum absolute atomic E-state index is 0.184. The summed E-state index contributed by atoms with van der Waals surface area (Å²) in [6.07, 6.45) is 8.01. The predicted octanol–water partition coefficient (Wildman–Crippen LogP) is 3.48. The second-order valence-corrected chi connectivity index (χ2v) is 8.64. The number of nitrogens with one attached hydrogen (secondary N) is 1. The van der Waals surface area contributed by atoms with Crippen molar-refractivity contribution in [3.8, 4) is 0 Å². The molecule has 0 heterocycles. The number of rotatable bonds is 5. The maximum Gasteiger partial charge on any atom is 0.338 e. The van der Waals surface area contributed by atoms with E-state index in [0.29, 0.717) is 11.0 Å². The Kier molecular flexibility index (Phi) is 4.30. The number of hydrogen-bond acceptors (Lipinski definition) is 3. The van der Waals surface area contributed by atoms with E-state index in [1.807, 2.05) is 19.1 Å². The molecule has 0 aromatic heterocycles. The maximum absolute atomic E-state index is 12.1. The van der Waals surface area contributed by atoms with Crippen molar-refractivity contribution >= 4 is 11.9 Å². The van der Waals surface area contributed by atoms with Crippen molar-refractivity contribution in [1.82, 2.24) is 5.32 Å². The highest BCUT2D eigenvalue weighted by Crippen LogP contribution is 2.59. The average molecular weight is 341 g/mol. The first-order chi connectivity index (χ1) is 12.0. The summed E-state index contributed by atoms with van der Waals surface area (Å²) in [5, 5.41) is 3.04. The monoisotopic (exact) mass is 341 g/mol. The fourth-order valence-corrected chi connectivity index (χ4v) is 5.75. The summed E-state index contributed by atoms with van der Waals surface area (Å²) in [6.45, 7) is 2.52. The Hall–Kier alpha value is -1.84. The fraction of sp³-hybridized carbons (Fsp3) is 0.619. The molecule has 1 aromatic rings. The van der Waals surface area contributed by atoms with Crippen LogP contribution in [-0.4, -0.2) is 25.0 Å². The lowest BCUT2D eigenvalue weighted by molar-refractivity contribution is -0.126. The Morgan fingerprint density at radius 3 is 2.16 bits per heavy atom. The summed E-state index contributed by atoms with van der Waals surface area (Å²) in [4.78, 5) is 24.1. The van der Waals surface area contributed by atoms with E-state index < -0.39 is 5.97 Å². The Morgan fingerprint density at radius 2 is 1.60 bits per heavy atom. The second-order valence-electron chi connectivity index (χ2n) is 8.64. The number of aryl methyl sites for hydroxylation is 1. The first-order valence-corrected chi connectivity index (χ1v) is 9.52. The van der Waals surface area contributed by atoms with Gasteiger partial charge in [0, 0.05) is 6.54 Å². The molecular weight excluding hydrogens is 314 g/mol. The highest BCUT2D eigenvalue weighted by Gasteiger charge is 2.50. The second kappa shape index (κ2) is 6.47. The zero-order valence-corrected chi connectivity index (χ0v) is 14.9. The lowest BCUT2D eigenvalue weighted by Crippen LogP contribution is -2.51. The predicted molar refractivity (Wildman–Crippen MR) is 95.1 cm³/mol. The summed E-state index contributed by atoms with van der Waals surface area (Å²) in [6, 6.07) is 7.18. The van der Waals surface area contributed by atoms with E-state index in [0.717, 1.165) is 29.9 Å². The van der Waals surface area contributed by atoms with Crippen LogP contribution < -0.4 is 5.32 Å². The third-order valence-corrected chi connectivity index (χ3v) is 6.45. The molecule has 1 aromatic carbocycles. The number of amides is 1. The highest BCUT2D eigenvalue weighted by atomic mass is 16.5. The standard InChI is InChI=1S/C21H27NO3/c1-14-2-4-18(5-3-14)20(24)25-12-19(23)22-13-21-9-15-6-16(10-21)8-17(7-15)11-21/h2-5,15-17H,6-13H2,1H3,(H,22,23). The molecule has 4 bridgehead atoms. The van der Waals surface area contributed by atoms with Gasteiger partial charge in [0.15, 0.2) is 6.61 Å². The van der Waals surface area contributed by atoms with Gasteiger partial charge in [-0.1, -0.05) is 17.7 Å². The number of benzene rings is 1. The van der Waals surface area contributed by atoms with Crippen molar-refractivity contribution in [2.45, 2.75) is 45.4 Å². The molecule has 5 rings (SSSR count). The third-order valence-electron chi connectivity index (χ3n) is 6.45. The van der Waals surface area contributed by atoms with Gasteiger partial charge in [-0.25, -0.2) is 4.79 Å². The van der Waals surface area contributed by atoms with Crippen molar-refractivity contribution in [3.05, 3.63) is 35.4 Å². The quantitative estimate of drug-likeness (QED) is 0.834. The van der Waals surface area contributed by atoms with Crippen LogP contribution in [0.2, 0.25) is 0 Å². The van der Waals surface area contributed by atoms with Crippen LogP contribution in [-0.2, 0) is 9.53 Å². The van der Waals surface area contributed by atoms with Gasteiger partial charge in [-0.3, -0.25) is 4.79 Å². The van der Waals surface area contributed by atoms with E-state index in [1.165, 1.54) is 38.5 Å². The van der Waals surface area contributed by atoms with Crippen LogP contribution >= 0.6 is 0 Å². The fourth-order valence-electron chi connectivity index (χ4n) is 5.75. The van der Waals surface area contributed by atoms with Gasteiger partial charge >= 0.3 is 5.97 Å². The summed E-state index contributed by atoms with van der Waals surface area (Å²) >= 11 is 0. The number of esters is 1. The minimum atomic E-state index is -0.440. The van der Waals surface area contributed by atoms with Gasteiger partial charge in [0.25, 0.3) is 5.91 Å². The lowest BCUT2D eigenvalue weighted by atomic mass is 9.49. The van der Waals surface area contributed by atoms with E-state index in [2.05, 4.69) is 5.32 Å². The average Bonchev–Trinajstić information content (AvgIpc) is 2.57. The van der Waals surface area contributed by atoms with Crippen molar-refractivity contribution in [2.24, 2.45) is 23.2 Å². The van der Waals surface area contributed by atoms with Gasteiger partial charge in [-0.15, -0.1) is 0 Å². The minimum Gasteiger partial charge on any atom is -0.452 e. The molecule has 1 amide bonds. The van der Waals surface area contributed by atoms with Gasteiger partial charge in [0.05, 0.1) is 5.56 Å². The topological polar surface area (TPSA) is 55.4 Å². The summed E-state index contributed by atoms with van der Waals surface area (Å²) in [5.74, 6) is 2.01. The first kappa shape index (κ1) is 16.6. The van der Waals surface area contributed by atoms with Crippen LogP contribution in [0.3, 0.4) is 0 Å². The molecule has 0 spiro atoms. The molecule has 1 N–H and O–H groups in total. The van der Waals surface area contributed by atoms with Crippen molar-refractivity contribution in [3.63, 3.8) is 0 Å². The highest BCUT2D eigenvalue weighted by molar-refractivity contribution is 5.91. The number of hydrogen-bond donors (Lipinski definition) is 1. The zero-order chi connectivity index (χ0) is 17.4. The SMILES string of the molecule is Cc1ccc(C(=O)OCC(=O)NCC23CC4CC(CC(C4)C2)C3)cc1. The lowest BCUT2D eigenvalue weighted by Gasteiger charge is -2.56. The summed E-state index contributed by atoms with van der Waals surface area (Å²) < 4.78 is 5.15. The molecule has 4 fully saturated rings. The smallest absolute Gasteiger partial charge is 0.338 e. The van der Waals surface area contributed by atoms with Crippen molar-refractivity contribution < 1.29 is 14.3 Å². The van der Waals surface area contributed by atoms with Crippen LogP contribution in [0.25, 0.3) is 0 Å². The van der Waals surface area contributed by atoms with Crippen LogP contribution in [0, 0.1) is 30.1 Å². The molecule has 4 heteroatoms. The molecule has 4 aliphatic rings. The molecule has 0 unspecified atom stereocenters. The first-order valence-electron chi connectivity index (χ1n) is 9.52.